The Kier molecular flexibility index (Phi) is 6.45. The van der Waals surface area contributed by atoms with Crippen LogP contribution in [0.3, 0.4) is 0 Å². The Hall–Kier alpha value is -0.300. The predicted molar refractivity (Wildman–Crippen MR) is 35.4 cm³/mol. The van der Waals surface area contributed by atoms with Gasteiger partial charge in [-0.2, -0.15) is 0 Å². The summed E-state index contributed by atoms with van der Waals surface area (Å²) in [5, 5.41) is 8.32. The summed E-state index contributed by atoms with van der Waals surface area (Å²) in [6, 6.07) is 0. The third-order valence-electron chi connectivity index (χ3n) is 0.857. The molecule has 0 aromatic heterocycles. The molecule has 0 aliphatic carbocycles. The summed E-state index contributed by atoms with van der Waals surface area (Å²) in [5.74, 6) is 0. The Morgan fingerprint density at radius 1 is 1.50 bits per heavy atom. The van der Waals surface area contributed by atoms with E-state index in [0.29, 0.717) is 6.61 Å². The quantitative estimate of drug-likeness (QED) is 0.548. The highest BCUT2D eigenvalue weighted by atomic mass is 16.2. The molecular formula is C7H13O. The minimum atomic E-state index is 0.300. The van der Waals surface area contributed by atoms with Gasteiger partial charge in [0.25, 0.3) is 0 Å². The molecule has 1 N–H and O–H groups in total. The van der Waals surface area contributed by atoms with Crippen LogP contribution in [0.5, 0.6) is 0 Å². The number of aliphatic hydroxyl groups is 1. The van der Waals surface area contributed by atoms with Gasteiger partial charge < -0.3 is 5.11 Å². The van der Waals surface area contributed by atoms with Crippen molar-refractivity contribution in [3.8, 4) is 0 Å². The molecule has 0 atom stereocenters. The Balaban J connectivity index is 2.80. The average molecular weight is 113 g/mol. The molecule has 0 aliphatic heterocycles. The van der Waals surface area contributed by atoms with Gasteiger partial charge in [-0.05, 0) is 19.3 Å². The Bertz CT molecular complexity index is 57.4. The maximum Gasteiger partial charge on any atom is 0.0433 e. The van der Waals surface area contributed by atoms with Gasteiger partial charge in [0.05, 0.1) is 0 Å². The van der Waals surface area contributed by atoms with Crippen LogP contribution >= 0.6 is 0 Å². The van der Waals surface area contributed by atoms with Gasteiger partial charge in [0.15, 0.2) is 0 Å². The lowest BCUT2D eigenvalue weighted by molar-refractivity contribution is 0.289. The number of hydrogen-bond donors (Lipinski definition) is 1. The number of aliphatic hydroxyl groups excluding tert-OH is 1. The van der Waals surface area contributed by atoms with Gasteiger partial charge in [-0.3, -0.25) is 0 Å². The molecule has 0 bridgehead atoms. The molecule has 0 saturated carbocycles. The summed E-state index contributed by atoms with van der Waals surface area (Å²) in [6.07, 6.45) is 7.90. The predicted octanol–water partition coefficient (Wildman–Crippen LogP) is 1.54. The monoisotopic (exact) mass is 113 g/mol. The van der Waals surface area contributed by atoms with Gasteiger partial charge >= 0.3 is 0 Å². The lowest BCUT2D eigenvalue weighted by atomic mass is 10.3. The fourth-order valence-corrected chi connectivity index (χ4v) is 0.441. The van der Waals surface area contributed by atoms with Crippen molar-refractivity contribution in [1.82, 2.24) is 0 Å². The molecule has 0 aromatic carbocycles. The van der Waals surface area contributed by atoms with E-state index in [4.69, 9.17) is 5.11 Å². The summed E-state index contributed by atoms with van der Waals surface area (Å²) in [4.78, 5) is 0. The highest BCUT2D eigenvalue weighted by molar-refractivity contribution is 4.91. The second kappa shape index (κ2) is 6.70. The Morgan fingerprint density at radius 2 is 2.25 bits per heavy atom. The molecule has 0 heterocycles. The van der Waals surface area contributed by atoms with E-state index in [2.05, 4.69) is 6.08 Å². The molecule has 47 valence electrons. The van der Waals surface area contributed by atoms with Crippen LogP contribution in [-0.2, 0) is 0 Å². The second-order valence-corrected chi connectivity index (χ2v) is 1.63. The summed E-state index contributed by atoms with van der Waals surface area (Å²) >= 11 is 0. The molecule has 0 spiro atoms. The van der Waals surface area contributed by atoms with E-state index in [-0.39, 0.29) is 0 Å². The molecule has 0 fully saturated rings. The maximum atomic E-state index is 8.32. The first-order chi connectivity index (χ1) is 3.91. The van der Waals surface area contributed by atoms with Crippen molar-refractivity contribution in [3.05, 3.63) is 18.6 Å². The minimum Gasteiger partial charge on any atom is -0.396 e. The fraction of sp³-hybridized carbons (Fsp3) is 0.571. The third-order valence-corrected chi connectivity index (χ3v) is 0.857. The number of hydrogen-bond acceptors (Lipinski definition) is 1. The molecule has 0 amide bonds. The SMILES string of the molecule is C[CH]C=CCCCO. The number of allylic oxidation sites excluding steroid dienone is 2. The van der Waals surface area contributed by atoms with Crippen molar-refractivity contribution < 1.29 is 5.11 Å². The van der Waals surface area contributed by atoms with Crippen LogP contribution in [-0.4, -0.2) is 11.7 Å². The van der Waals surface area contributed by atoms with Crippen LogP contribution in [0, 0.1) is 6.42 Å². The van der Waals surface area contributed by atoms with E-state index < -0.39 is 0 Å². The minimum absolute atomic E-state index is 0.300. The van der Waals surface area contributed by atoms with Crippen LogP contribution in [0.15, 0.2) is 12.2 Å². The zero-order valence-corrected chi connectivity index (χ0v) is 5.30. The molecule has 0 unspecified atom stereocenters. The third kappa shape index (κ3) is 5.70. The number of unbranched alkanes of at least 4 members (excludes halogenated alkanes) is 1. The first-order valence-electron chi connectivity index (χ1n) is 2.97. The van der Waals surface area contributed by atoms with E-state index >= 15 is 0 Å². The normalized spacial score (nSPS) is 10.8. The second-order valence-electron chi connectivity index (χ2n) is 1.63. The van der Waals surface area contributed by atoms with Gasteiger partial charge in [0.2, 0.25) is 0 Å². The molecule has 0 saturated heterocycles. The standard InChI is InChI=1S/C7H13O/c1-2-3-4-5-6-7-8/h2-4,8H,5-7H2,1H3. The van der Waals surface area contributed by atoms with Crippen molar-refractivity contribution in [2.45, 2.75) is 19.8 Å². The Labute approximate surface area is 51.0 Å². The van der Waals surface area contributed by atoms with Crippen molar-refractivity contribution >= 4 is 0 Å². The van der Waals surface area contributed by atoms with Gasteiger partial charge in [-0.25, -0.2) is 0 Å². The van der Waals surface area contributed by atoms with Crippen LogP contribution in [0.4, 0.5) is 0 Å². The zero-order chi connectivity index (χ0) is 6.24. The first kappa shape index (κ1) is 7.70. The van der Waals surface area contributed by atoms with Crippen molar-refractivity contribution in [1.29, 1.82) is 0 Å². The van der Waals surface area contributed by atoms with Crippen LogP contribution < -0.4 is 0 Å². The number of rotatable bonds is 4. The first-order valence-corrected chi connectivity index (χ1v) is 2.97. The van der Waals surface area contributed by atoms with Crippen molar-refractivity contribution in [3.63, 3.8) is 0 Å². The van der Waals surface area contributed by atoms with Crippen molar-refractivity contribution in [2.24, 2.45) is 0 Å². The Morgan fingerprint density at radius 3 is 2.75 bits per heavy atom. The van der Waals surface area contributed by atoms with Crippen LogP contribution in [0.2, 0.25) is 0 Å². The smallest absolute Gasteiger partial charge is 0.0433 e. The maximum absolute atomic E-state index is 8.32. The van der Waals surface area contributed by atoms with E-state index in [0.717, 1.165) is 12.8 Å². The molecule has 1 heteroatoms. The van der Waals surface area contributed by atoms with Gasteiger partial charge in [0, 0.05) is 6.61 Å². The summed E-state index contributed by atoms with van der Waals surface area (Å²) < 4.78 is 0. The summed E-state index contributed by atoms with van der Waals surface area (Å²) in [7, 11) is 0. The van der Waals surface area contributed by atoms with E-state index in [1.807, 2.05) is 19.4 Å². The molecule has 1 radical (unpaired) electrons. The fourth-order valence-electron chi connectivity index (χ4n) is 0.441. The molecule has 1 nitrogen and oxygen atoms in total. The lowest BCUT2D eigenvalue weighted by Gasteiger charge is -1.85. The van der Waals surface area contributed by atoms with Gasteiger partial charge in [-0.15, -0.1) is 0 Å². The van der Waals surface area contributed by atoms with E-state index in [1.165, 1.54) is 0 Å². The zero-order valence-electron chi connectivity index (χ0n) is 5.30. The summed E-state index contributed by atoms with van der Waals surface area (Å²) in [5.41, 5.74) is 0. The molecule has 8 heavy (non-hydrogen) atoms. The highest BCUT2D eigenvalue weighted by Crippen LogP contribution is 1.89. The largest absolute Gasteiger partial charge is 0.396 e. The van der Waals surface area contributed by atoms with Crippen LogP contribution in [0.1, 0.15) is 19.8 Å². The topological polar surface area (TPSA) is 20.2 Å². The van der Waals surface area contributed by atoms with Crippen molar-refractivity contribution in [2.75, 3.05) is 6.61 Å². The van der Waals surface area contributed by atoms with Crippen LogP contribution in [0.25, 0.3) is 0 Å². The molecule has 0 rings (SSSR count). The highest BCUT2D eigenvalue weighted by Gasteiger charge is 1.75. The molecule has 0 aliphatic rings. The summed E-state index contributed by atoms with van der Waals surface area (Å²) in [6.45, 7) is 2.28. The van der Waals surface area contributed by atoms with E-state index in [1.54, 1.807) is 0 Å². The van der Waals surface area contributed by atoms with Gasteiger partial charge in [-0.1, -0.05) is 19.1 Å². The average Bonchev–Trinajstić information content (AvgIpc) is 1.81. The molecule has 0 aromatic rings. The molecular weight excluding hydrogens is 100 g/mol. The van der Waals surface area contributed by atoms with Gasteiger partial charge in [0.1, 0.15) is 0 Å². The lowest BCUT2D eigenvalue weighted by Crippen LogP contribution is -1.77. The van der Waals surface area contributed by atoms with E-state index in [9.17, 15) is 0 Å².